The third kappa shape index (κ3) is 6.63. The summed E-state index contributed by atoms with van der Waals surface area (Å²) in [6.07, 6.45) is 0.681. The van der Waals surface area contributed by atoms with Crippen LogP contribution >= 0.6 is 0 Å². The Bertz CT molecular complexity index is 1100. The van der Waals surface area contributed by atoms with Crippen molar-refractivity contribution in [2.75, 3.05) is 0 Å². The summed E-state index contributed by atoms with van der Waals surface area (Å²) in [6, 6.07) is 16.0. The van der Waals surface area contributed by atoms with E-state index >= 15 is 0 Å². The molecule has 0 aliphatic carbocycles. The van der Waals surface area contributed by atoms with E-state index in [1.165, 1.54) is 18.2 Å². The van der Waals surface area contributed by atoms with Crippen molar-refractivity contribution in [3.05, 3.63) is 77.8 Å². The van der Waals surface area contributed by atoms with Gasteiger partial charge in [0.25, 0.3) is 0 Å². The average molecular weight is 453 g/mol. The minimum absolute atomic E-state index is 0.0663. The number of aliphatic carboxylic acids is 1. The SMILES string of the molecule is CC(C)(C)c1oc(-c2ccc(-c3ccc(F)cc3)cc2)cc1/C=C/C(O)CC(O)CC(=O)O. The summed E-state index contributed by atoms with van der Waals surface area (Å²) in [5.74, 6) is 0.0293. The van der Waals surface area contributed by atoms with Gasteiger partial charge in [-0.15, -0.1) is 0 Å². The quantitative estimate of drug-likeness (QED) is 0.411. The molecular weight excluding hydrogens is 423 g/mol. The van der Waals surface area contributed by atoms with E-state index in [1.54, 1.807) is 18.2 Å². The summed E-state index contributed by atoms with van der Waals surface area (Å²) in [6.45, 7) is 6.08. The second kappa shape index (κ2) is 10.1. The molecule has 2 atom stereocenters. The minimum Gasteiger partial charge on any atom is -0.481 e. The molecule has 2 unspecified atom stereocenters. The van der Waals surface area contributed by atoms with Gasteiger partial charge in [-0.2, -0.15) is 0 Å². The van der Waals surface area contributed by atoms with E-state index in [0.29, 0.717) is 5.76 Å². The fraction of sp³-hybridized carbons (Fsp3) is 0.296. The highest BCUT2D eigenvalue weighted by Crippen LogP contribution is 2.35. The van der Waals surface area contributed by atoms with E-state index in [0.717, 1.165) is 28.0 Å². The molecule has 0 spiro atoms. The molecule has 6 heteroatoms. The molecule has 1 heterocycles. The molecule has 2 aromatic carbocycles. The Morgan fingerprint density at radius 3 is 2.09 bits per heavy atom. The molecule has 0 saturated heterocycles. The number of halogens is 1. The van der Waals surface area contributed by atoms with Crippen LogP contribution in [0.15, 0.2) is 65.1 Å². The number of aliphatic hydroxyl groups excluding tert-OH is 2. The van der Waals surface area contributed by atoms with Crippen LogP contribution in [0.5, 0.6) is 0 Å². The maximum absolute atomic E-state index is 13.2. The van der Waals surface area contributed by atoms with E-state index in [1.807, 2.05) is 51.1 Å². The van der Waals surface area contributed by atoms with Crippen LogP contribution in [0.2, 0.25) is 0 Å². The molecule has 0 fully saturated rings. The van der Waals surface area contributed by atoms with Gasteiger partial charge in [-0.25, -0.2) is 4.39 Å². The van der Waals surface area contributed by atoms with Crippen molar-refractivity contribution in [1.82, 2.24) is 0 Å². The van der Waals surface area contributed by atoms with E-state index in [4.69, 9.17) is 9.52 Å². The number of aliphatic hydroxyl groups is 2. The van der Waals surface area contributed by atoms with Crippen LogP contribution in [-0.4, -0.2) is 33.5 Å². The highest BCUT2D eigenvalue weighted by atomic mass is 19.1. The van der Waals surface area contributed by atoms with Gasteiger partial charge < -0.3 is 19.7 Å². The highest BCUT2D eigenvalue weighted by Gasteiger charge is 2.23. The zero-order valence-corrected chi connectivity index (χ0v) is 19.0. The number of hydrogen-bond acceptors (Lipinski definition) is 4. The number of benzene rings is 2. The maximum Gasteiger partial charge on any atom is 0.305 e. The summed E-state index contributed by atoms with van der Waals surface area (Å²) in [5, 5.41) is 28.7. The predicted octanol–water partition coefficient (Wildman–Crippen LogP) is 5.65. The van der Waals surface area contributed by atoms with Crippen LogP contribution in [0.25, 0.3) is 28.5 Å². The molecule has 1 aromatic heterocycles. The minimum atomic E-state index is -1.12. The van der Waals surface area contributed by atoms with E-state index in [9.17, 15) is 19.4 Å². The summed E-state index contributed by atoms with van der Waals surface area (Å²) >= 11 is 0. The molecule has 0 aliphatic rings. The lowest BCUT2D eigenvalue weighted by molar-refractivity contribution is -0.139. The van der Waals surface area contributed by atoms with E-state index < -0.39 is 24.6 Å². The number of carboxylic acids is 1. The van der Waals surface area contributed by atoms with Crippen molar-refractivity contribution in [2.24, 2.45) is 0 Å². The fourth-order valence-electron chi connectivity index (χ4n) is 3.58. The lowest BCUT2D eigenvalue weighted by Gasteiger charge is -2.16. The van der Waals surface area contributed by atoms with Crippen molar-refractivity contribution in [3.63, 3.8) is 0 Å². The number of furan rings is 1. The molecule has 0 aliphatic heterocycles. The van der Waals surface area contributed by atoms with Crippen molar-refractivity contribution in [1.29, 1.82) is 0 Å². The number of carbonyl (C=O) groups is 1. The fourth-order valence-corrected chi connectivity index (χ4v) is 3.58. The van der Waals surface area contributed by atoms with Gasteiger partial charge >= 0.3 is 5.97 Å². The van der Waals surface area contributed by atoms with Gasteiger partial charge in [0.15, 0.2) is 0 Å². The molecule has 3 N–H and O–H groups in total. The van der Waals surface area contributed by atoms with Gasteiger partial charge in [0.1, 0.15) is 17.3 Å². The van der Waals surface area contributed by atoms with Gasteiger partial charge in [0.05, 0.1) is 18.6 Å². The lowest BCUT2D eigenvalue weighted by atomic mass is 9.90. The zero-order chi connectivity index (χ0) is 24.2. The monoisotopic (exact) mass is 452 g/mol. The smallest absolute Gasteiger partial charge is 0.305 e. The molecule has 0 saturated carbocycles. The molecule has 3 aromatic rings. The summed E-state index contributed by atoms with van der Waals surface area (Å²) in [5.41, 5.74) is 3.26. The highest BCUT2D eigenvalue weighted by molar-refractivity contribution is 5.70. The summed E-state index contributed by atoms with van der Waals surface area (Å²) < 4.78 is 19.4. The van der Waals surface area contributed by atoms with Gasteiger partial charge in [0.2, 0.25) is 0 Å². The summed E-state index contributed by atoms with van der Waals surface area (Å²) in [4.78, 5) is 10.7. The standard InChI is InChI=1S/C27H29FO5/c1-27(2,3)26-20(10-13-22(29)15-23(30)16-25(31)32)14-24(33-26)19-6-4-17(5-7-19)18-8-11-21(28)12-9-18/h4-14,22-23,29-30H,15-16H2,1-3H3,(H,31,32)/b13-10+. The van der Waals surface area contributed by atoms with Gasteiger partial charge in [-0.1, -0.05) is 69.3 Å². The Hall–Kier alpha value is -3.22. The predicted molar refractivity (Wildman–Crippen MR) is 126 cm³/mol. The summed E-state index contributed by atoms with van der Waals surface area (Å²) in [7, 11) is 0. The third-order valence-corrected chi connectivity index (χ3v) is 5.21. The molecule has 5 nitrogen and oxygen atoms in total. The third-order valence-electron chi connectivity index (χ3n) is 5.21. The van der Waals surface area contributed by atoms with Crippen LogP contribution in [0, 0.1) is 5.82 Å². The Kier molecular flexibility index (Phi) is 7.51. The molecule has 0 radical (unpaired) electrons. The van der Waals surface area contributed by atoms with Crippen molar-refractivity contribution >= 4 is 12.0 Å². The van der Waals surface area contributed by atoms with E-state index in [2.05, 4.69) is 0 Å². The van der Waals surface area contributed by atoms with Gasteiger partial charge in [-0.3, -0.25) is 4.79 Å². The van der Waals surface area contributed by atoms with Crippen LogP contribution in [0.1, 0.15) is 44.9 Å². The second-order valence-corrected chi connectivity index (χ2v) is 9.14. The normalized spacial score (nSPS) is 13.9. The Morgan fingerprint density at radius 1 is 1.00 bits per heavy atom. The Morgan fingerprint density at radius 2 is 1.55 bits per heavy atom. The van der Waals surface area contributed by atoms with Gasteiger partial charge in [0, 0.05) is 23.0 Å². The van der Waals surface area contributed by atoms with Gasteiger partial charge in [-0.05, 0) is 29.3 Å². The first-order valence-corrected chi connectivity index (χ1v) is 10.8. The molecule has 0 amide bonds. The second-order valence-electron chi connectivity index (χ2n) is 9.14. The zero-order valence-electron chi connectivity index (χ0n) is 19.0. The molecule has 33 heavy (non-hydrogen) atoms. The first-order chi connectivity index (χ1) is 15.5. The van der Waals surface area contributed by atoms with Crippen molar-refractivity contribution < 1.29 is 28.9 Å². The number of hydrogen-bond donors (Lipinski definition) is 3. The Labute approximate surface area is 192 Å². The topological polar surface area (TPSA) is 90.9 Å². The number of carboxylic acid groups (broad SMARTS) is 1. The first-order valence-electron chi connectivity index (χ1n) is 10.8. The van der Waals surface area contributed by atoms with Crippen molar-refractivity contribution in [2.45, 2.75) is 51.2 Å². The molecule has 3 rings (SSSR count). The molecular formula is C27H29FO5. The largest absolute Gasteiger partial charge is 0.481 e. The average Bonchev–Trinajstić information content (AvgIpc) is 3.17. The van der Waals surface area contributed by atoms with Crippen LogP contribution < -0.4 is 0 Å². The van der Waals surface area contributed by atoms with Crippen LogP contribution in [0.4, 0.5) is 4.39 Å². The first kappa shape index (κ1) is 24.4. The van der Waals surface area contributed by atoms with Crippen LogP contribution in [0.3, 0.4) is 0 Å². The van der Waals surface area contributed by atoms with E-state index in [-0.39, 0.29) is 17.7 Å². The maximum atomic E-state index is 13.2. The van der Waals surface area contributed by atoms with Crippen LogP contribution in [-0.2, 0) is 10.2 Å². The number of rotatable bonds is 8. The Balaban J connectivity index is 1.83. The van der Waals surface area contributed by atoms with Crippen molar-refractivity contribution in [3.8, 4) is 22.5 Å². The molecule has 0 bridgehead atoms. The molecule has 174 valence electrons. The lowest BCUT2D eigenvalue weighted by Crippen LogP contribution is -2.19.